The number of methoxy groups -OCH3 is 1. The molecule has 0 amide bonds. The van der Waals surface area contributed by atoms with Gasteiger partial charge in [0.1, 0.15) is 11.5 Å². The van der Waals surface area contributed by atoms with Gasteiger partial charge in [0.2, 0.25) is 0 Å². The average Bonchev–Trinajstić information content (AvgIpc) is 2.42. The van der Waals surface area contributed by atoms with Crippen LogP contribution in [0.25, 0.3) is 0 Å². The molecule has 1 aromatic carbocycles. The molecule has 1 fully saturated rings. The first-order valence-electron chi connectivity index (χ1n) is 6.87. The third-order valence-electron chi connectivity index (χ3n) is 3.77. The smallest absolute Gasteiger partial charge is 0.133 e. The second-order valence-electron chi connectivity index (χ2n) is 5.06. The Hall–Kier alpha value is -0.740. The van der Waals surface area contributed by atoms with Gasteiger partial charge < -0.3 is 14.4 Å². The van der Waals surface area contributed by atoms with Crippen LogP contribution < -0.4 is 9.47 Å². The third-order valence-corrected chi connectivity index (χ3v) is 4.39. The number of hydrogen-bond donors (Lipinski definition) is 0. The number of ether oxygens (including phenoxy) is 2. The van der Waals surface area contributed by atoms with Crippen LogP contribution in [-0.2, 0) is 0 Å². The topological polar surface area (TPSA) is 21.7 Å². The van der Waals surface area contributed by atoms with Gasteiger partial charge in [-0.25, -0.2) is 0 Å². The molecule has 0 aromatic heterocycles. The van der Waals surface area contributed by atoms with Crippen molar-refractivity contribution >= 4 is 15.9 Å². The number of benzene rings is 1. The molecule has 0 saturated carbocycles. The van der Waals surface area contributed by atoms with Crippen molar-refractivity contribution < 1.29 is 9.47 Å². The van der Waals surface area contributed by atoms with Crippen molar-refractivity contribution in [3.63, 3.8) is 0 Å². The van der Waals surface area contributed by atoms with Crippen LogP contribution in [-0.4, -0.2) is 38.3 Å². The van der Waals surface area contributed by atoms with E-state index in [4.69, 9.17) is 9.47 Å². The summed E-state index contributed by atoms with van der Waals surface area (Å²) in [6.07, 6.45) is 5.07. The molecule has 0 aliphatic carbocycles. The van der Waals surface area contributed by atoms with Gasteiger partial charge in [-0.3, -0.25) is 0 Å². The maximum absolute atomic E-state index is 5.86. The molecule has 1 aliphatic heterocycles. The lowest BCUT2D eigenvalue weighted by Crippen LogP contribution is -2.37. The van der Waals surface area contributed by atoms with Gasteiger partial charge in [-0.05, 0) is 67.0 Å². The summed E-state index contributed by atoms with van der Waals surface area (Å²) >= 11 is 3.51. The Labute approximate surface area is 124 Å². The van der Waals surface area contributed by atoms with Crippen molar-refractivity contribution in [2.45, 2.75) is 31.7 Å². The number of hydrogen-bond acceptors (Lipinski definition) is 3. The maximum Gasteiger partial charge on any atom is 0.133 e. The van der Waals surface area contributed by atoms with E-state index in [9.17, 15) is 0 Å². The first kappa shape index (κ1) is 14.7. The lowest BCUT2D eigenvalue weighted by molar-refractivity contribution is 0.153. The Morgan fingerprint density at radius 2 is 2.21 bits per heavy atom. The fourth-order valence-electron chi connectivity index (χ4n) is 2.54. The summed E-state index contributed by atoms with van der Waals surface area (Å²) in [5.41, 5.74) is 0. The summed E-state index contributed by atoms with van der Waals surface area (Å²) in [6.45, 7) is 1.98. The van der Waals surface area contributed by atoms with Crippen molar-refractivity contribution in [3.05, 3.63) is 22.7 Å². The molecule has 0 N–H and O–H groups in total. The zero-order chi connectivity index (χ0) is 13.7. The highest BCUT2D eigenvalue weighted by Gasteiger charge is 2.18. The maximum atomic E-state index is 5.86. The molecule has 0 bridgehead atoms. The molecule has 1 aliphatic rings. The number of nitrogens with zero attached hydrogens (tertiary/aromatic N) is 1. The normalized spacial score (nSPS) is 20.3. The standard InChI is InChI=1S/C15H22BrNO2/c1-17-9-4-3-5-12(17)8-10-19-15-7-6-13(18-2)11-14(15)16/h6-7,11-12H,3-5,8-10H2,1-2H3. The van der Waals surface area contributed by atoms with E-state index in [1.54, 1.807) is 7.11 Å². The average molecular weight is 328 g/mol. The fourth-order valence-corrected chi connectivity index (χ4v) is 3.01. The van der Waals surface area contributed by atoms with Crippen LogP contribution in [0, 0.1) is 0 Å². The molecule has 2 rings (SSSR count). The number of halogens is 1. The summed E-state index contributed by atoms with van der Waals surface area (Å²) in [7, 11) is 3.88. The molecule has 3 nitrogen and oxygen atoms in total. The van der Waals surface area contributed by atoms with E-state index >= 15 is 0 Å². The Balaban J connectivity index is 1.82. The van der Waals surface area contributed by atoms with Gasteiger partial charge in [-0.1, -0.05) is 6.42 Å². The van der Waals surface area contributed by atoms with Crippen molar-refractivity contribution in [1.29, 1.82) is 0 Å². The summed E-state index contributed by atoms with van der Waals surface area (Å²) < 4.78 is 12.0. The molecule has 1 aromatic rings. The van der Waals surface area contributed by atoms with E-state index in [0.29, 0.717) is 6.04 Å². The predicted molar refractivity (Wildman–Crippen MR) is 81.1 cm³/mol. The van der Waals surface area contributed by atoms with Crippen molar-refractivity contribution in [2.24, 2.45) is 0 Å². The van der Waals surface area contributed by atoms with Crippen LogP contribution >= 0.6 is 15.9 Å². The monoisotopic (exact) mass is 327 g/mol. The van der Waals surface area contributed by atoms with Gasteiger partial charge >= 0.3 is 0 Å². The number of rotatable bonds is 5. The zero-order valence-electron chi connectivity index (χ0n) is 11.7. The zero-order valence-corrected chi connectivity index (χ0v) is 13.3. The van der Waals surface area contributed by atoms with Gasteiger partial charge in [0, 0.05) is 6.04 Å². The molecule has 4 heteroatoms. The van der Waals surface area contributed by atoms with Gasteiger partial charge in [-0.2, -0.15) is 0 Å². The van der Waals surface area contributed by atoms with E-state index < -0.39 is 0 Å². The highest BCUT2D eigenvalue weighted by Crippen LogP contribution is 2.29. The number of likely N-dealkylation sites (tertiary alicyclic amines) is 1. The Kier molecular flexibility index (Phi) is 5.52. The van der Waals surface area contributed by atoms with Gasteiger partial charge in [0.05, 0.1) is 18.2 Å². The molecule has 0 radical (unpaired) electrons. The van der Waals surface area contributed by atoms with E-state index in [2.05, 4.69) is 27.9 Å². The second-order valence-corrected chi connectivity index (χ2v) is 5.92. The molecular formula is C15H22BrNO2. The predicted octanol–water partition coefficient (Wildman–Crippen LogP) is 3.71. The quantitative estimate of drug-likeness (QED) is 0.822. The highest BCUT2D eigenvalue weighted by molar-refractivity contribution is 9.10. The summed E-state index contributed by atoms with van der Waals surface area (Å²) in [6, 6.07) is 6.48. The van der Waals surface area contributed by atoms with Crippen LogP contribution in [0.2, 0.25) is 0 Å². The lowest BCUT2D eigenvalue weighted by atomic mass is 10.0. The van der Waals surface area contributed by atoms with Gasteiger partial charge in [-0.15, -0.1) is 0 Å². The van der Waals surface area contributed by atoms with Gasteiger partial charge in [0.15, 0.2) is 0 Å². The largest absolute Gasteiger partial charge is 0.497 e. The van der Waals surface area contributed by atoms with Crippen molar-refractivity contribution in [1.82, 2.24) is 4.90 Å². The summed E-state index contributed by atoms with van der Waals surface area (Å²) in [5.74, 6) is 1.73. The third kappa shape index (κ3) is 4.11. The van der Waals surface area contributed by atoms with Crippen LogP contribution in [0.1, 0.15) is 25.7 Å². The summed E-state index contributed by atoms with van der Waals surface area (Å²) in [5, 5.41) is 0. The molecule has 19 heavy (non-hydrogen) atoms. The molecule has 1 unspecified atom stereocenters. The first-order valence-corrected chi connectivity index (χ1v) is 7.66. The van der Waals surface area contributed by atoms with Crippen LogP contribution in [0.4, 0.5) is 0 Å². The number of piperidine rings is 1. The molecule has 1 saturated heterocycles. The minimum Gasteiger partial charge on any atom is -0.497 e. The minimum absolute atomic E-state index is 0.672. The van der Waals surface area contributed by atoms with Crippen molar-refractivity contribution in [3.8, 4) is 11.5 Å². The first-order chi connectivity index (χ1) is 9.20. The fraction of sp³-hybridized carbons (Fsp3) is 0.600. The minimum atomic E-state index is 0.672. The molecule has 1 atom stereocenters. The van der Waals surface area contributed by atoms with Crippen LogP contribution in [0.5, 0.6) is 11.5 Å². The molecule has 106 valence electrons. The SMILES string of the molecule is COc1ccc(OCCC2CCCCN2C)c(Br)c1. The second kappa shape index (κ2) is 7.15. The van der Waals surface area contributed by atoms with Crippen LogP contribution in [0.3, 0.4) is 0 Å². The van der Waals surface area contributed by atoms with Crippen molar-refractivity contribution in [2.75, 3.05) is 27.3 Å². The summed E-state index contributed by atoms with van der Waals surface area (Å²) in [4.78, 5) is 2.45. The highest BCUT2D eigenvalue weighted by atomic mass is 79.9. The Bertz CT molecular complexity index is 411. The molecular weight excluding hydrogens is 306 g/mol. The molecule has 0 spiro atoms. The van der Waals surface area contributed by atoms with E-state index in [-0.39, 0.29) is 0 Å². The van der Waals surface area contributed by atoms with Crippen LogP contribution in [0.15, 0.2) is 22.7 Å². The Morgan fingerprint density at radius 3 is 2.89 bits per heavy atom. The van der Waals surface area contributed by atoms with E-state index in [0.717, 1.165) is 29.0 Å². The van der Waals surface area contributed by atoms with E-state index in [1.807, 2.05) is 18.2 Å². The Morgan fingerprint density at radius 1 is 1.37 bits per heavy atom. The lowest BCUT2D eigenvalue weighted by Gasteiger charge is -2.32. The van der Waals surface area contributed by atoms with Gasteiger partial charge in [0.25, 0.3) is 0 Å². The molecule has 1 heterocycles. The van der Waals surface area contributed by atoms with E-state index in [1.165, 1.54) is 25.8 Å².